The molecule has 0 spiro atoms. The van der Waals surface area contributed by atoms with E-state index in [-0.39, 0.29) is 24.3 Å². The molecule has 3 aromatic rings. The van der Waals surface area contributed by atoms with E-state index in [0.29, 0.717) is 12.1 Å². The molecule has 1 unspecified atom stereocenters. The van der Waals surface area contributed by atoms with Gasteiger partial charge in [0.1, 0.15) is 0 Å². The summed E-state index contributed by atoms with van der Waals surface area (Å²) >= 11 is 0. The molecule has 3 rings (SSSR count). The van der Waals surface area contributed by atoms with Crippen LogP contribution >= 0.6 is 0 Å². The van der Waals surface area contributed by atoms with Crippen molar-refractivity contribution in [2.24, 2.45) is 0 Å². The van der Waals surface area contributed by atoms with E-state index in [9.17, 15) is 9.59 Å². The van der Waals surface area contributed by atoms with Crippen molar-refractivity contribution in [3.05, 3.63) is 84.2 Å². The van der Waals surface area contributed by atoms with Crippen LogP contribution in [-0.2, 0) is 11.3 Å². The zero-order valence-electron chi connectivity index (χ0n) is 15.1. The molecule has 138 valence electrons. The summed E-state index contributed by atoms with van der Waals surface area (Å²) in [5.41, 5.74) is 2.55. The second kappa shape index (κ2) is 8.80. The van der Waals surface area contributed by atoms with Gasteiger partial charge >= 0.3 is 0 Å². The number of amides is 2. The smallest absolute Gasteiger partial charge is 0.251 e. The van der Waals surface area contributed by atoms with Gasteiger partial charge in [-0.15, -0.1) is 0 Å². The van der Waals surface area contributed by atoms with Crippen LogP contribution in [0.2, 0.25) is 0 Å². The maximum absolute atomic E-state index is 12.1. The molecule has 0 aliphatic carbocycles. The lowest BCUT2D eigenvalue weighted by Gasteiger charge is -2.14. The maximum Gasteiger partial charge on any atom is 0.251 e. The molecule has 0 aliphatic rings. The van der Waals surface area contributed by atoms with Gasteiger partial charge < -0.3 is 10.6 Å². The highest BCUT2D eigenvalue weighted by Crippen LogP contribution is 2.08. The van der Waals surface area contributed by atoms with Crippen molar-refractivity contribution in [3.8, 4) is 5.69 Å². The monoisotopic (exact) mass is 362 g/mol. The number of aromatic nitrogens is 2. The van der Waals surface area contributed by atoms with Gasteiger partial charge in [0.2, 0.25) is 5.91 Å². The van der Waals surface area contributed by atoms with Crippen LogP contribution in [0.4, 0.5) is 0 Å². The largest absolute Gasteiger partial charge is 0.352 e. The molecule has 0 bridgehead atoms. The molecular weight excluding hydrogens is 340 g/mol. The number of carbonyl (C=O) groups is 2. The van der Waals surface area contributed by atoms with Gasteiger partial charge in [-0.25, -0.2) is 4.68 Å². The molecule has 0 aliphatic heterocycles. The van der Waals surface area contributed by atoms with E-state index in [2.05, 4.69) is 15.7 Å². The van der Waals surface area contributed by atoms with Crippen molar-refractivity contribution in [1.29, 1.82) is 0 Å². The maximum atomic E-state index is 12.1. The molecule has 0 fully saturated rings. The SMILES string of the molecule is CC(CC(=O)NCc1ccc(-n2cccn2)cc1)NC(=O)c1ccccc1. The lowest BCUT2D eigenvalue weighted by atomic mass is 10.1. The Kier molecular flexibility index (Phi) is 5.99. The van der Waals surface area contributed by atoms with Gasteiger partial charge in [0.15, 0.2) is 0 Å². The van der Waals surface area contributed by atoms with Crippen LogP contribution in [0.5, 0.6) is 0 Å². The predicted molar refractivity (Wildman–Crippen MR) is 103 cm³/mol. The van der Waals surface area contributed by atoms with Gasteiger partial charge in [-0.1, -0.05) is 30.3 Å². The quantitative estimate of drug-likeness (QED) is 0.678. The molecule has 2 amide bonds. The normalized spacial score (nSPS) is 11.6. The van der Waals surface area contributed by atoms with Crippen LogP contribution in [0.1, 0.15) is 29.3 Å². The van der Waals surface area contributed by atoms with E-state index < -0.39 is 0 Å². The minimum absolute atomic E-state index is 0.105. The van der Waals surface area contributed by atoms with Crippen molar-refractivity contribution in [1.82, 2.24) is 20.4 Å². The zero-order chi connectivity index (χ0) is 19.1. The number of hydrogen-bond acceptors (Lipinski definition) is 3. The Hall–Kier alpha value is -3.41. The standard InChI is InChI=1S/C21H22N4O2/c1-16(24-21(27)18-6-3-2-4-7-18)14-20(26)22-15-17-8-10-19(11-9-17)25-13-5-12-23-25/h2-13,16H,14-15H2,1H3,(H,22,26)(H,24,27). The average molecular weight is 362 g/mol. The summed E-state index contributed by atoms with van der Waals surface area (Å²) in [5, 5.41) is 9.90. The van der Waals surface area contributed by atoms with Gasteiger partial charge in [0, 0.05) is 37.0 Å². The fraction of sp³-hybridized carbons (Fsp3) is 0.190. The molecule has 27 heavy (non-hydrogen) atoms. The highest BCUT2D eigenvalue weighted by molar-refractivity contribution is 5.94. The molecule has 0 saturated carbocycles. The van der Waals surface area contributed by atoms with Crippen LogP contribution in [0.15, 0.2) is 73.1 Å². The van der Waals surface area contributed by atoms with Crippen LogP contribution in [0, 0.1) is 0 Å². The van der Waals surface area contributed by atoms with Crippen molar-refractivity contribution >= 4 is 11.8 Å². The topological polar surface area (TPSA) is 76.0 Å². The summed E-state index contributed by atoms with van der Waals surface area (Å²) in [6.45, 7) is 2.26. The highest BCUT2D eigenvalue weighted by Gasteiger charge is 2.13. The molecule has 1 atom stereocenters. The highest BCUT2D eigenvalue weighted by atomic mass is 16.2. The fourth-order valence-electron chi connectivity index (χ4n) is 2.69. The molecule has 6 heteroatoms. The first-order valence-corrected chi connectivity index (χ1v) is 8.83. The molecule has 2 N–H and O–H groups in total. The second-order valence-electron chi connectivity index (χ2n) is 6.34. The molecule has 1 aromatic heterocycles. The second-order valence-corrected chi connectivity index (χ2v) is 6.34. The third-order valence-electron chi connectivity index (χ3n) is 4.10. The van der Waals surface area contributed by atoms with E-state index in [4.69, 9.17) is 0 Å². The van der Waals surface area contributed by atoms with Crippen LogP contribution in [0.3, 0.4) is 0 Å². The van der Waals surface area contributed by atoms with E-state index in [1.165, 1.54) is 0 Å². The van der Waals surface area contributed by atoms with Gasteiger partial charge in [-0.3, -0.25) is 9.59 Å². The van der Waals surface area contributed by atoms with E-state index in [0.717, 1.165) is 11.3 Å². The summed E-state index contributed by atoms with van der Waals surface area (Å²) in [7, 11) is 0. The summed E-state index contributed by atoms with van der Waals surface area (Å²) < 4.78 is 1.78. The van der Waals surface area contributed by atoms with Gasteiger partial charge in [-0.2, -0.15) is 5.10 Å². The van der Waals surface area contributed by atoms with Crippen molar-refractivity contribution < 1.29 is 9.59 Å². The molecule has 0 radical (unpaired) electrons. The molecule has 6 nitrogen and oxygen atoms in total. The summed E-state index contributed by atoms with van der Waals surface area (Å²) in [4.78, 5) is 24.2. The van der Waals surface area contributed by atoms with Gasteiger partial charge in [0.25, 0.3) is 5.91 Å². The molecule has 2 aromatic carbocycles. The number of carbonyl (C=O) groups excluding carboxylic acids is 2. The summed E-state index contributed by atoms with van der Waals surface area (Å²) in [6.07, 6.45) is 3.83. The third kappa shape index (κ3) is 5.28. The zero-order valence-corrected chi connectivity index (χ0v) is 15.1. The minimum atomic E-state index is -0.250. The Bertz CT molecular complexity index is 874. The Morgan fingerprint density at radius 3 is 2.44 bits per heavy atom. The Labute approximate surface area is 158 Å². The first-order chi connectivity index (χ1) is 13.1. The lowest BCUT2D eigenvalue weighted by molar-refractivity contribution is -0.121. The molecular formula is C21H22N4O2. The average Bonchev–Trinajstić information content (AvgIpc) is 3.22. The van der Waals surface area contributed by atoms with Crippen LogP contribution in [0.25, 0.3) is 5.69 Å². The van der Waals surface area contributed by atoms with Crippen molar-refractivity contribution in [2.75, 3.05) is 0 Å². The molecule has 0 saturated heterocycles. The van der Waals surface area contributed by atoms with Crippen molar-refractivity contribution in [2.45, 2.75) is 25.9 Å². The number of benzene rings is 2. The van der Waals surface area contributed by atoms with E-state index in [1.807, 2.05) is 61.7 Å². The number of rotatable bonds is 7. The van der Waals surface area contributed by atoms with Gasteiger partial charge in [-0.05, 0) is 42.8 Å². The van der Waals surface area contributed by atoms with Crippen LogP contribution < -0.4 is 10.6 Å². The minimum Gasteiger partial charge on any atom is -0.352 e. The van der Waals surface area contributed by atoms with E-state index in [1.54, 1.807) is 23.0 Å². The van der Waals surface area contributed by atoms with Crippen LogP contribution in [-0.4, -0.2) is 27.6 Å². The predicted octanol–water partition coefficient (Wildman–Crippen LogP) is 2.70. The summed E-state index contributed by atoms with van der Waals surface area (Å²) in [5.74, 6) is -0.280. The summed E-state index contributed by atoms with van der Waals surface area (Å²) in [6, 6.07) is 18.4. The fourth-order valence-corrected chi connectivity index (χ4v) is 2.69. The number of nitrogens with one attached hydrogen (secondary N) is 2. The molecule has 1 heterocycles. The Morgan fingerprint density at radius 2 is 1.78 bits per heavy atom. The Balaban J connectivity index is 1.44. The number of nitrogens with zero attached hydrogens (tertiary/aromatic N) is 2. The van der Waals surface area contributed by atoms with Crippen molar-refractivity contribution in [3.63, 3.8) is 0 Å². The lowest BCUT2D eigenvalue weighted by Crippen LogP contribution is -2.37. The number of hydrogen-bond donors (Lipinski definition) is 2. The Morgan fingerprint density at radius 1 is 1.04 bits per heavy atom. The third-order valence-corrected chi connectivity index (χ3v) is 4.10. The van der Waals surface area contributed by atoms with E-state index >= 15 is 0 Å². The van der Waals surface area contributed by atoms with Gasteiger partial charge in [0.05, 0.1) is 5.69 Å². The first-order valence-electron chi connectivity index (χ1n) is 8.83. The first kappa shape index (κ1) is 18.4.